The van der Waals surface area contributed by atoms with Crippen molar-refractivity contribution in [2.45, 2.75) is 18.9 Å². The fraction of sp³-hybridized carbons (Fsp3) is 0.571. The lowest BCUT2D eigenvalue weighted by Gasteiger charge is -2.05. The van der Waals surface area contributed by atoms with E-state index in [1.54, 1.807) is 5.40 Å². The topological polar surface area (TPSA) is 131 Å². The van der Waals surface area contributed by atoms with Crippen molar-refractivity contribution in [1.82, 2.24) is 0 Å². The molecule has 1 atom stereocenters. The molecule has 0 unspecified atom stereocenters. The molecule has 0 fully saturated rings. The normalized spacial score (nSPS) is 11.4. The molecular formula is C7H13N5OS. The maximum absolute atomic E-state index is 11.0. The monoisotopic (exact) mass is 215 g/mol. The molecule has 0 aromatic carbocycles. The molecule has 78 valence electrons. The summed E-state index contributed by atoms with van der Waals surface area (Å²) < 4.78 is 0. The number of hydrogen-bond acceptors (Lipinski definition) is 5. The molecule has 0 aliphatic heterocycles. The van der Waals surface area contributed by atoms with E-state index in [-0.39, 0.29) is 11.1 Å². The van der Waals surface area contributed by atoms with Gasteiger partial charge >= 0.3 is 0 Å². The van der Waals surface area contributed by atoms with Crippen LogP contribution >= 0.6 is 11.8 Å². The van der Waals surface area contributed by atoms with Crippen molar-refractivity contribution < 1.29 is 4.79 Å². The molecule has 0 saturated heterocycles. The van der Waals surface area contributed by atoms with Crippen LogP contribution in [0.15, 0.2) is 4.99 Å². The zero-order valence-electron chi connectivity index (χ0n) is 7.64. The number of carbonyl (C=O) groups excluding carboxylic acids is 1. The third-order valence-electron chi connectivity index (χ3n) is 1.42. The molecular weight excluding hydrogens is 202 g/mol. The highest BCUT2D eigenvalue weighted by Crippen LogP contribution is 2.06. The Kier molecular flexibility index (Phi) is 6.53. The molecule has 0 amide bonds. The molecule has 0 aromatic heterocycles. The van der Waals surface area contributed by atoms with Gasteiger partial charge in [0.15, 0.2) is 5.96 Å². The first kappa shape index (κ1) is 12.7. The molecule has 0 heterocycles. The molecule has 7 heteroatoms. The number of guanidine groups is 1. The summed E-state index contributed by atoms with van der Waals surface area (Å²) in [6.07, 6.45) is 1.10. The predicted molar refractivity (Wildman–Crippen MR) is 56.1 cm³/mol. The zero-order valence-corrected chi connectivity index (χ0v) is 8.46. The minimum Gasteiger partial charge on any atom is -0.370 e. The Bertz CT molecular complexity index is 255. The number of nitrogens with two attached hydrogens (primary N) is 3. The van der Waals surface area contributed by atoms with Gasteiger partial charge in [0, 0.05) is 18.3 Å². The maximum atomic E-state index is 11.0. The molecule has 0 saturated carbocycles. The molecule has 0 aliphatic rings. The van der Waals surface area contributed by atoms with Crippen LogP contribution in [0.25, 0.3) is 0 Å². The first-order chi connectivity index (χ1) is 6.57. The Morgan fingerprint density at radius 2 is 2.21 bits per heavy atom. The summed E-state index contributed by atoms with van der Waals surface area (Å²) in [5, 5.41) is 9.57. The predicted octanol–water partition coefficient (Wildman–Crippen LogP) is -0.892. The van der Waals surface area contributed by atoms with E-state index in [0.29, 0.717) is 31.1 Å². The van der Waals surface area contributed by atoms with Crippen LogP contribution in [-0.4, -0.2) is 23.7 Å². The van der Waals surface area contributed by atoms with Crippen molar-refractivity contribution in [3.8, 4) is 5.40 Å². The first-order valence-electron chi connectivity index (χ1n) is 3.98. The van der Waals surface area contributed by atoms with Gasteiger partial charge in [-0.2, -0.15) is 5.26 Å². The minimum atomic E-state index is -0.617. The molecule has 6 N–H and O–H groups in total. The number of aliphatic imine (C=N–C) groups is 1. The second-order valence-corrected chi connectivity index (χ2v) is 3.36. The van der Waals surface area contributed by atoms with Crippen LogP contribution in [0.2, 0.25) is 0 Å². The van der Waals surface area contributed by atoms with E-state index in [1.165, 1.54) is 0 Å². The summed E-state index contributed by atoms with van der Waals surface area (Å²) in [6.45, 7) is 0.445. The Labute approximate surface area is 86.5 Å². The Hall–Kier alpha value is -1.26. The van der Waals surface area contributed by atoms with E-state index < -0.39 is 6.04 Å². The SMILES string of the molecule is N#CSC(=O)[C@@H](N)CCCN=C(N)N. The summed E-state index contributed by atoms with van der Waals surface area (Å²) in [4.78, 5) is 14.7. The van der Waals surface area contributed by atoms with Crippen LogP contribution in [0.3, 0.4) is 0 Å². The largest absolute Gasteiger partial charge is 0.370 e. The molecule has 0 radical (unpaired) electrons. The van der Waals surface area contributed by atoms with Gasteiger partial charge in [-0.15, -0.1) is 0 Å². The highest BCUT2D eigenvalue weighted by molar-refractivity contribution is 8.17. The van der Waals surface area contributed by atoms with E-state index in [9.17, 15) is 4.79 Å². The number of carbonyl (C=O) groups is 1. The van der Waals surface area contributed by atoms with Gasteiger partial charge in [-0.1, -0.05) is 0 Å². The van der Waals surface area contributed by atoms with E-state index in [2.05, 4.69) is 4.99 Å². The van der Waals surface area contributed by atoms with Crippen molar-refractivity contribution in [3.63, 3.8) is 0 Å². The average Bonchev–Trinajstić information content (AvgIpc) is 2.12. The smallest absolute Gasteiger partial charge is 0.219 e. The number of thioether (sulfide) groups is 1. The Balaban J connectivity index is 3.65. The van der Waals surface area contributed by atoms with Gasteiger partial charge in [-0.3, -0.25) is 9.79 Å². The molecule has 6 nitrogen and oxygen atoms in total. The second kappa shape index (κ2) is 7.17. The highest BCUT2D eigenvalue weighted by atomic mass is 32.2. The molecule has 14 heavy (non-hydrogen) atoms. The van der Waals surface area contributed by atoms with Crippen molar-refractivity contribution in [2.24, 2.45) is 22.2 Å². The third kappa shape index (κ3) is 6.28. The highest BCUT2D eigenvalue weighted by Gasteiger charge is 2.12. The quantitative estimate of drug-likeness (QED) is 0.236. The molecule has 0 bridgehead atoms. The number of hydrogen-bond donors (Lipinski definition) is 3. The van der Waals surface area contributed by atoms with Crippen LogP contribution < -0.4 is 17.2 Å². The lowest BCUT2D eigenvalue weighted by Crippen LogP contribution is -2.28. The lowest BCUT2D eigenvalue weighted by molar-refractivity contribution is -0.112. The van der Waals surface area contributed by atoms with Crippen LogP contribution in [0.4, 0.5) is 0 Å². The van der Waals surface area contributed by atoms with Gasteiger partial charge in [0.1, 0.15) is 5.40 Å². The van der Waals surface area contributed by atoms with Crippen LogP contribution in [-0.2, 0) is 4.79 Å². The Morgan fingerprint density at radius 1 is 1.57 bits per heavy atom. The van der Waals surface area contributed by atoms with E-state index >= 15 is 0 Å². The summed E-state index contributed by atoms with van der Waals surface area (Å²) in [5.74, 6) is 0.0243. The van der Waals surface area contributed by atoms with Crippen molar-refractivity contribution in [1.29, 1.82) is 5.26 Å². The first-order valence-corrected chi connectivity index (χ1v) is 4.80. The van der Waals surface area contributed by atoms with Gasteiger partial charge in [-0.05, 0) is 12.8 Å². The van der Waals surface area contributed by atoms with Gasteiger partial charge in [-0.25, -0.2) is 0 Å². The van der Waals surface area contributed by atoms with Gasteiger partial charge in [0.05, 0.1) is 6.04 Å². The third-order valence-corrected chi connectivity index (χ3v) is 2.01. The van der Waals surface area contributed by atoms with Crippen LogP contribution in [0, 0.1) is 10.7 Å². The van der Waals surface area contributed by atoms with Crippen molar-refractivity contribution in [2.75, 3.05) is 6.54 Å². The summed E-state index contributed by atoms with van der Waals surface area (Å²) >= 11 is 0.560. The number of nitriles is 1. The molecule has 0 aromatic rings. The molecule has 0 spiro atoms. The number of rotatable bonds is 5. The van der Waals surface area contributed by atoms with Crippen molar-refractivity contribution in [3.05, 3.63) is 0 Å². The summed E-state index contributed by atoms with van der Waals surface area (Å²) in [5.41, 5.74) is 15.7. The average molecular weight is 215 g/mol. The van der Waals surface area contributed by atoms with E-state index in [0.717, 1.165) is 0 Å². The van der Waals surface area contributed by atoms with Gasteiger partial charge in [0.2, 0.25) is 5.12 Å². The Morgan fingerprint density at radius 3 is 2.71 bits per heavy atom. The summed E-state index contributed by atoms with van der Waals surface area (Å²) in [6, 6.07) is -0.617. The van der Waals surface area contributed by atoms with Crippen molar-refractivity contribution >= 4 is 22.8 Å². The minimum absolute atomic E-state index is 0.0243. The van der Waals surface area contributed by atoms with Crippen LogP contribution in [0.5, 0.6) is 0 Å². The fourth-order valence-corrected chi connectivity index (χ4v) is 1.12. The maximum Gasteiger partial charge on any atom is 0.219 e. The van der Waals surface area contributed by atoms with E-state index in [4.69, 9.17) is 22.5 Å². The number of thiocyanates is 1. The van der Waals surface area contributed by atoms with Gasteiger partial charge < -0.3 is 17.2 Å². The molecule has 0 aliphatic carbocycles. The zero-order chi connectivity index (χ0) is 11.0. The van der Waals surface area contributed by atoms with E-state index in [1.807, 2.05) is 0 Å². The van der Waals surface area contributed by atoms with Crippen LogP contribution in [0.1, 0.15) is 12.8 Å². The molecule has 0 rings (SSSR count). The fourth-order valence-electron chi connectivity index (χ4n) is 0.758. The number of nitrogens with zero attached hydrogens (tertiary/aromatic N) is 2. The second-order valence-electron chi connectivity index (χ2n) is 2.57. The summed E-state index contributed by atoms with van der Waals surface area (Å²) in [7, 11) is 0. The standard InChI is InChI=1S/C7H13N5OS/c8-4-14-6(13)5(9)2-1-3-12-7(10)11/h5H,1-3,9H2,(H4,10,11,12)/t5-/m0/s1. The lowest BCUT2D eigenvalue weighted by atomic mass is 10.2. The van der Waals surface area contributed by atoms with Gasteiger partial charge in [0.25, 0.3) is 0 Å².